The minimum Gasteiger partial charge on any atom is -0.496 e. The highest BCUT2D eigenvalue weighted by Crippen LogP contribution is 2.31. The summed E-state index contributed by atoms with van der Waals surface area (Å²) in [4.78, 5) is 10.9. The Balaban J connectivity index is 3.52. The van der Waals surface area contributed by atoms with Crippen molar-refractivity contribution in [3.05, 3.63) is 27.2 Å². The number of carbonyl (C=O) groups is 1. The molecule has 0 aliphatic rings. The highest BCUT2D eigenvalue weighted by atomic mass is 79.9. The molecule has 4 heteroatoms. The van der Waals surface area contributed by atoms with Gasteiger partial charge in [-0.15, -0.1) is 0 Å². The number of hydrogen-bond acceptors (Lipinski definition) is 2. The van der Waals surface area contributed by atoms with E-state index in [0.29, 0.717) is 15.8 Å². The first-order valence-corrected chi connectivity index (χ1v) is 4.85. The molecule has 0 amide bonds. The molecule has 0 radical (unpaired) electrons. The molecule has 3 nitrogen and oxygen atoms in total. The number of ether oxygens (including phenoxy) is 1. The topological polar surface area (TPSA) is 46.5 Å². The standard InChI is InChI=1S/C10H11BrO3/c1-5-4-7(11)8(10(12)13)6(2)9(5)14-3/h4H,1-3H3,(H,12,13). The summed E-state index contributed by atoms with van der Waals surface area (Å²) < 4.78 is 5.72. The first kappa shape index (κ1) is 11.0. The quantitative estimate of drug-likeness (QED) is 0.888. The molecule has 0 unspecified atom stereocenters. The van der Waals surface area contributed by atoms with Crippen LogP contribution in [0.25, 0.3) is 0 Å². The summed E-state index contributed by atoms with van der Waals surface area (Å²) in [5, 5.41) is 8.97. The van der Waals surface area contributed by atoms with Gasteiger partial charge in [-0.3, -0.25) is 0 Å². The van der Waals surface area contributed by atoms with Crippen molar-refractivity contribution in [2.75, 3.05) is 7.11 Å². The van der Waals surface area contributed by atoms with Gasteiger partial charge in [0, 0.05) is 10.0 Å². The average molecular weight is 259 g/mol. The van der Waals surface area contributed by atoms with E-state index in [0.717, 1.165) is 5.56 Å². The molecule has 0 heterocycles. The third-order valence-corrected chi connectivity index (χ3v) is 2.70. The Kier molecular flexibility index (Phi) is 3.16. The molecule has 1 N–H and O–H groups in total. The molecule has 0 fully saturated rings. The van der Waals surface area contributed by atoms with Gasteiger partial charge in [0.05, 0.1) is 12.7 Å². The second kappa shape index (κ2) is 4.00. The summed E-state index contributed by atoms with van der Waals surface area (Å²) in [6.45, 7) is 3.61. The molecule has 76 valence electrons. The fourth-order valence-electron chi connectivity index (χ4n) is 1.49. The molecule has 0 atom stereocenters. The number of halogens is 1. The number of aromatic carboxylic acids is 1. The molecular formula is C10H11BrO3. The van der Waals surface area contributed by atoms with Gasteiger partial charge in [-0.05, 0) is 41.4 Å². The van der Waals surface area contributed by atoms with E-state index in [4.69, 9.17) is 9.84 Å². The Bertz CT molecular complexity index is 385. The molecule has 1 aromatic carbocycles. The van der Waals surface area contributed by atoms with Gasteiger partial charge in [-0.25, -0.2) is 4.79 Å². The fourth-order valence-corrected chi connectivity index (χ4v) is 2.30. The molecule has 1 aromatic rings. The molecule has 14 heavy (non-hydrogen) atoms. The van der Waals surface area contributed by atoms with Crippen LogP contribution in [0, 0.1) is 13.8 Å². The predicted octanol–water partition coefficient (Wildman–Crippen LogP) is 2.77. The van der Waals surface area contributed by atoms with Crippen molar-refractivity contribution < 1.29 is 14.6 Å². The number of carboxylic acid groups (broad SMARTS) is 1. The molecule has 0 aliphatic carbocycles. The van der Waals surface area contributed by atoms with E-state index in [1.807, 2.05) is 6.92 Å². The van der Waals surface area contributed by atoms with Crippen LogP contribution in [-0.4, -0.2) is 18.2 Å². The Morgan fingerprint density at radius 3 is 2.50 bits per heavy atom. The van der Waals surface area contributed by atoms with Crippen LogP contribution in [0.2, 0.25) is 0 Å². The van der Waals surface area contributed by atoms with Crippen molar-refractivity contribution >= 4 is 21.9 Å². The number of carboxylic acids is 1. The van der Waals surface area contributed by atoms with Crippen LogP contribution in [0.3, 0.4) is 0 Å². The van der Waals surface area contributed by atoms with E-state index < -0.39 is 5.97 Å². The second-order valence-electron chi connectivity index (χ2n) is 3.01. The summed E-state index contributed by atoms with van der Waals surface area (Å²) in [5.74, 6) is -0.321. The van der Waals surface area contributed by atoms with Gasteiger partial charge >= 0.3 is 5.97 Å². The molecule has 0 spiro atoms. The zero-order valence-corrected chi connectivity index (χ0v) is 9.81. The van der Waals surface area contributed by atoms with Crippen LogP contribution in [0.15, 0.2) is 10.5 Å². The molecular weight excluding hydrogens is 248 g/mol. The average Bonchev–Trinajstić information content (AvgIpc) is 2.02. The number of hydrogen-bond donors (Lipinski definition) is 1. The van der Waals surface area contributed by atoms with Gasteiger partial charge in [-0.1, -0.05) is 0 Å². The van der Waals surface area contributed by atoms with Gasteiger partial charge < -0.3 is 9.84 Å². The molecule has 0 aromatic heterocycles. The number of rotatable bonds is 2. The van der Waals surface area contributed by atoms with Crippen LogP contribution < -0.4 is 4.74 Å². The van der Waals surface area contributed by atoms with E-state index in [1.165, 1.54) is 7.11 Å². The van der Waals surface area contributed by atoms with Gasteiger partial charge in [0.1, 0.15) is 5.75 Å². The van der Waals surface area contributed by atoms with Gasteiger partial charge in [-0.2, -0.15) is 0 Å². The lowest BCUT2D eigenvalue weighted by Gasteiger charge is -2.12. The van der Waals surface area contributed by atoms with E-state index in [1.54, 1.807) is 13.0 Å². The predicted molar refractivity (Wildman–Crippen MR) is 57.1 cm³/mol. The monoisotopic (exact) mass is 258 g/mol. The van der Waals surface area contributed by atoms with E-state index >= 15 is 0 Å². The maximum Gasteiger partial charge on any atom is 0.337 e. The van der Waals surface area contributed by atoms with E-state index in [-0.39, 0.29) is 5.56 Å². The zero-order valence-electron chi connectivity index (χ0n) is 8.22. The maximum atomic E-state index is 10.9. The lowest BCUT2D eigenvalue weighted by molar-refractivity contribution is 0.0694. The summed E-state index contributed by atoms with van der Waals surface area (Å²) >= 11 is 3.23. The van der Waals surface area contributed by atoms with Crippen molar-refractivity contribution in [2.45, 2.75) is 13.8 Å². The van der Waals surface area contributed by atoms with Crippen molar-refractivity contribution in [1.29, 1.82) is 0 Å². The number of benzene rings is 1. The first-order chi connectivity index (χ1) is 6.49. The van der Waals surface area contributed by atoms with Crippen molar-refractivity contribution in [3.8, 4) is 5.75 Å². The first-order valence-electron chi connectivity index (χ1n) is 4.06. The number of aryl methyl sites for hydroxylation is 1. The summed E-state index contributed by atoms with van der Waals surface area (Å²) in [6, 6.07) is 1.75. The Morgan fingerprint density at radius 1 is 1.50 bits per heavy atom. The number of methoxy groups -OCH3 is 1. The maximum absolute atomic E-state index is 10.9. The van der Waals surface area contributed by atoms with Crippen LogP contribution >= 0.6 is 15.9 Å². The Labute approximate surface area is 90.8 Å². The summed E-state index contributed by atoms with van der Waals surface area (Å²) in [7, 11) is 1.54. The second-order valence-corrected chi connectivity index (χ2v) is 3.87. The van der Waals surface area contributed by atoms with Gasteiger partial charge in [0.15, 0.2) is 0 Å². The summed E-state index contributed by atoms with van der Waals surface area (Å²) in [5.41, 5.74) is 1.82. The highest BCUT2D eigenvalue weighted by molar-refractivity contribution is 9.10. The SMILES string of the molecule is COc1c(C)cc(Br)c(C(=O)O)c1C. The van der Waals surface area contributed by atoms with Gasteiger partial charge in [0.25, 0.3) is 0 Å². The van der Waals surface area contributed by atoms with Crippen molar-refractivity contribution in [3.63, 3.8) is 0 Å². The zero-order chi connectivity index (χ0) is 10.9. The van der Waals surface area contributed by atoms with Crippen molar-refractivity contribution in [2.24, 2.45) is 0 Å². The van der Waals surface area contributed by atoms with Crippen LogP contribution in [0.5, 0.6) is 5.75 Å². The fraction of sp³-hybridized carbons (Fsp3) is 0.300. The minimum absolute atomic E-state index is 0.257. The molecule has 0 saturated heterocycles. The normalized spacial score (nSPS) is 10.0. The minimum atomic E-state index is -0.951. The largest absolute Gasteiger partial charge is 0.496 e. The molecule has 0 saturated carbocycles. The van der Waals surface area contributed by atoms with Crippen molar-refractivity contribution in [1.82, 2.24) is 0 Å². The Morgan fingerprint density at radius 2 is 2.07 bits per heavy atom. The van der Waals surface area contributed by atoms with Crippen LogP contribution in [0.1, 0.15) is 21.5 Å². The van der Waals surface area contributed by atoms with E-state index in [9.17, 15) is 4.79 Å². The van der Waals surface area contributed by atoms with Crippen LogP contribution in [0.4, 0.5) is 0 Å². The lowest BCUT2D eigenvalue weighted by Crippen LogP contribution is -2.04. The summed E-state index contributed by atoms with van der Waals surface area (Å²) in [6.07, 6.45) is 0. The van der Waals surface area contributed by atoms with Crippen LogP contribution in [-0.2, 0) is 0 Å². The lowest BCUT2D eigenvalue weighted by atomic mass is 10.0. The van der Waals surface area contributed by atoms with Gasteiger partial charge in [0.2, 0.25) is 0 Å². The smallest absolute Gasteiger partial charge is 0.337 e. The third-order valence-electron chi connectivity index (χ3n) is 2.07. The molecule has 0 bridgehead atoms. The molecule has 0 aliphatic heterocycles. The Hall–Kier alpha value is -1.03. The van der Waals surface area contributed by atoms with E-state index in [2.05, 4.69) is 15.9 Å². The highest BCUT2D eigenvalue weighted by Gasteiger charge is 2.17. The third kappa shape index (κ3) is 1.75. The molecule has 1 rings (SSSR count).